The van der Waals surface area contributed by atoms with Crippen molar-refractivity contribution in [3.05, 3.63) is 71.5 Å². The number of rotatable bonds is 6. The maximum atomic E-state index is 13.4. The largest absolute Gasteiger partial charge is 0.479 e. The minimum Gasteiger partial charge on any atom is -0.479 e. The molecule has 0 spiro atoms. The van der Waals surface area contributed by atoms with Gasteiger partial charge in [0.05, 0.1) is 0 Å². The van der Waals surface area contributed by atoms with Crippen molar-refractivity contribution in [3.8, 4) is 0 Å². The Labute approximate surface area is 145 Å². The number of hydrogen-bond acceptors (Lipinski definition) is 3. The summed E-state index contributed by atoms with van der Waals surface area (Å²) in [6.07, 6.45) is -0.804. The molecular formula is C19H20FNO4. The smallest absolute Gasteiger partial charge is 0.410 e. The zero-order chi connectivity index (χ0) is 18.4. The summed E-state index contributed by atoms with van der Waals surface area (Å²) in [5.74, 6) is -1.66. The minimum absolute atomic E-state index is 0.0413. The summed E-state index contributed by atoms with van der Waals surface area (Å²) < 4.78 is 18.6. The maximum Gasteiger partial charge on any atom is 0.410 e. The van der Waals surface area contributed by atoms with Crippen molar-refractivity contribution in [3.63, 3.8) is 0 Å². The van der Waals surface area contributed by atoms with Gasteiger partial charge in [-0.1, -0.05) is 42.5 Å². The number of amides is 1. The van der Waals surface area contributed by atoms with Crippen LogP contribution in [0.5, 0.6) is 0 Å². The van der Waals surface area contributed by atoms with E-state index < -0.39 is 23.4 Å². The van der Waals surface area contributed by atoms with Gasteiger partial charge in [0.1, 0.15) is 18.0 Å². The first-order chi connectivity index (χ1) is 11.8. The van der Waals surface area contributed by atoms with Crippen molar-refractivity contribution in [1.29, 1.82) is 0 Å². The summed E-state index contributed by atoms with van der Waals surface area (Å²) in [4.78, 5) is 25.1. The highest BCUT2D eigenvalue weighted by Gasteiger charge is 2.41. The Balaban J connectivity index is 2.11. The molecule has 0 radical (unpaired) electrons. The highest BCUT2D eigenvalue weighted by atomic mass is 19.1. The number of benzene rings is 2. The van der Waals surface area contributed by atoms with Crippen LogP contribution in [0.25, 0.3) is 0 Å². The Morgan fingerprint density at radius 1 is 1.12 bits per heavy atom. The number of carbonyl (C=O) groups excluding carboxylic acids is 1. The molecule has 5 nitrogen and oxygen atoms in total. The molecule has 1 N–H and O–H groups in total. The maximum absolute atomic E-state index is 13.4. The average Bonchev–Trinajstić information content (AvgIpc) is 2.59. The summed E-state index contributed by atoms with van der Waals surface area (Å²) in [5, 5.41) is 9.62. The van der Waals surface area contributed by atoms with Crippen molar-refractivity contribution in [2.75, 3.05) is 7.05 Å². The van der Waals surface area contributed by atoms with E-state index in [1.807, 2.05) is 18.2 Å². The lowest BCUT2D eigenvalue weighted by Crippen LogP contribution is -2.54. The fraction of sp³-hybridized carbons (Fsp3) is 0.263. The number of aliphatic carboxylic acids is 1. The van der Waals surface area contributed by atoms with E-state index in [1.54, 1.807) is 18.2 Å². The molecule has 25 heavy (non-hydrogen) atoms. The van der Waals surface area contributed by atoms with Crippen LogP contribution in [0.2, 0.25) is 0 Å². The summed E-state index contributed by atoms with van der Waals surface area (Å²) >= 11 is 0. The van der Waals surface area contributed by atoms with Gasteiger partial charge in [-0.25, -0.2) is 14.0 Å². The lowest BCUT2D eigenvalue weighted by molar-refractivity contribution is -0.148. The molecule has 0 aliphatic carbocycles. The van der Waals surface area contributed by atoms with Gasteiger partial charge in [-0.3, -0.25) is 4.90 Å². The highest BCUT2D eigenvalue weighted by Crippen LogP contribution is 2.22. The van der Waals surface area contributed by atoms with Crippen molar-refractivity contribution in [2.24, 2.45) is 0 Å². The van der Waals surface area contributed by atoms with Crippen LogP contribution < -0.4 is 0 Å². The summed E-state index contributed by atoms with van der Waals surface area (Å²) in [6.45, 7) is 1.45. The van der Waals surface area contributed by atoms with Crippen molar-refractivity contribution >= 4 is 12.1 Å². The molecule has 0 aliphatic rings. The molecule has 0 saturated heterocycles. The highest BCUT2D eigenvalue weighted by molar-refractivity contribution is 5.84. The third-order valence-corrected chi connectivity index (χ3v) is 4.12. The molecule has 2 aromatic rings. The van der Waals surface area contributed by atoms with Gasteiger partial charge in [0.15, 0.2) is 0 Å². The molecule has 1 atom stereocenters. The third-order valence-electron chi connectivity index (χ3n) is 4.12. The predicted molar refractivity (Wildman–Crippen MR) is 90.5 cm³/mol. The Morgan fingerprint density at radius 2 is 1.76 bits per heavy atom. The van der Waals surface area contributed by atoms with Gasteiger partial charge in [-0.05, 0) is 30.2 Å². The van der Waals surface area contributed by atoms with Gasteiger partial charge in [0, 0.05) is 13.5 Å². The standard InChI is InChI=1S/C19H20FNO4/c1-19(17(22)23,12-15-9-6-10-16(20)11-15)21(2)18(24)25-13-14-7-4-3-5-8-14/h3-11H,12-13H2,1-2H3,(H,22,23). The van der Waals surface area contributed by atoms with E-state index in [1.165, 1.54) is 32.2 Å². The normalized spacial score (nSPS) is 12.9. The van der Waals surface area contributed by atoms with E-state index in [0.717, 1.165) is 10.5 Å². The van der Waals surface area contributed by atoms with Crippen LogP contribution in [-0.2, 0) is 22.6 Å². The molecule has 1 amide bonds. The first-order valence-electron chi connectivity index (χ1n) is 7.75. The number of ether oxygens (including phenoxy) is 1. The number of carbonyl (C=O) groups is 2. The van der Waals surface area contributed by atoms with Crippen LogP contribution in [0.3, 0.4) is 0 Å². The molecule has 0 fully saturated rings. The average molecular weight is 345 g/mol. The van der Waals surface area contributed by atoms with Gasteiger partial charge < -0.3 is 9.84 Å². The predicted octanol–water partition coefficient (Wildman–Crippen LogP) is 3.48. The number of hydrogen-bond donors (Lipinski definition) is 1. The van der Waals surface area contributed by atoms with Crippen LogP contribution >= 0.6 is 0 Å². The lowest BCUT2D eigenvalue weighted by Gasteiger charge is -2.34. The van der Waals surface area contributed by atoms with E-state index in [4.69, 9.17) is 4.74 Å². The van der Waals surface area contributed by atoms with Gasteiger partial charge in [0.2, 0.25) is 0 Å². The quantitative estimate of drug-likeness (QED) is 0.870. The molecule has 1 unspecified atom stereocenters. The fourth-order valence-electron chi connectivity index (χ4n) is 2.40. The van der Waals surface area contributed by atoms with Crippen LogP contribution in [0.4, 0.5) is 9.18 Å². The zero-order valence-corrected chi connectivity index (χ0v) is 14.1. The molecule has 2 rings (SSSR count). The Kier molecular flexibility index (Phi) is 5.75. The first kappa shape index (κ1) is 18.4. The molecule has 0 aromatic heterocycles. The zero-order valence-electron chi connectivity index (χ0n) is 14.1. The second-order valence-corrected chi connectivity index (χ2v) is 5.98. The number of carboxylic acids is 1. The molecule has 6 heteroatoms. The Hall–Kier alpha value is -2.89. The van der Waals surface area contributed by atoms with E-state index in [0.29, 0.717) is 5.56 Å². The van der Waals surface area contributed by atoms with Gasteiger partial charge in [0.25, 0.3) is 0 Å². The van der Waals surface area contributed by atoms with Gasteiger partial charge in [-0.2, -0.15) is 0 Å². The molecule has 0 bridgehead atoms. The van der Waals surface area contributed by atoms with Gasteiger partial charge in [-0.15, -0.1) is 0 Å². The summed E-state index contributed by atoms with van der Waals surface area (Å²) in [7, 11) is 1.36. The lowest BCUT2D eigenvalue weighted by atomic mass is 9.91. The molecule has 0 saturated carbocycles. The van der Waals surface area contributed by atoms with Crippen LogP contribution in [-0.4, -0.2) is 34.7 Å². The number of carboxylic acid groups (broad SMARTS) is 1. The molecule has 0 heterocycles. The van der Waals surface area contributed by atoms with Crippen LogP contribution in [0.1, 0.15) is 18.1 Å². The van der Waals surface area contributed by atoms with Crippen LogP contribution in [0.15, 0.2) is 54.6 Å². The van der Waals surface area contributed by atoms with E-state index >= 15 is 0 Å². The third kappa shape index (κ3) is 4.56. The summed E-state index contributed by atoms with van der Waals surface area (Å²) in [6, 6.07) is 14.7. The number of likely N-dealkylation sites (N-methyl/N-ethyl adjacent to an activating group) is 1. The molecule has 2 aromatic carbocycles. The monoisotopic (exact) mass is 345 g/mol. The van der Waals surface area contributed by atoms with Crippen molar-refractivity contribution in [1.82, 2.24) is 4.90 Å². The van der Waals surface area contributed by atoms with E-state index in [-0.39, 0.29) is 13.0 Å². The van der Waals surface area contributed by atoms with E-state index in [2.05, 4.69) is 0 Å². The number of nitrogens with zero attached hydrogens (tertiary/aromatic N) is 1. The Bertz CT molecular complexity index is 750. The minimum atomic E-state index is -1.57. The van der Waals surface area contributed by atoms with E-state index in [9.17, 15) is 19.1 Å². The second kappa shape index (κ2) is 7.79. The summed E-state index contributed by atoms with van der Waals surface area (Å²) in [5.41, 5.74) is -0.291. The van der Waals surface area contributed by atoms with Crippen LogP contribution in [0, 0.1) is 5.82 Å². The number of halogens is 1. The van der Waals surface area contributed by atoms with Crippen molar-refractivity contribution in [2.45, 2.75) is 25.5 Å². The van der Waals surface area contributed by atoms with Crippen molar-refractivity contribution < 1.29 is 23.8 Å². The Morgan fingerprint density at radius 3 is 2.36 bits per heavy atom. The topological polar surface area (TPSA) is 66.8 Å². The first-order valence-corrected chi connectivity index (χ1v) is 7.75. The fourth-order valence-corrected chi connectivity index (χ4v) is 2.40. The molecule has 132 valence electrons. The molecular weight excluding hydrogens is 325 g/mol. The van der Waals surface area contributed by atoms with Gasteiger partial charge >= 0.3 is 12.1 Å². The SMILES string of the molecule is CN(C(=O)OCc1ccccc1)C(C)(Cc1cccc(F)c1)C(=O)O. The second-order valence-electron chi connectivity index (χ2n) is 5.98. The molecule has 0 aliphatic heterocycles.